The van der Waals surface area contributed by atoms with Gasteiger partial charge in [0.1, 0.15) is 16.4 Å². The maximum atomic E-state index is 11.1. The number of hydrogen-bond acceptors (Lipinski definition) is 3. The van der Waals surface area contributed by atoms with Gasteiger partial charge in [-0.3, -0.25) is 4.99 Å². The molecule has 0 aliphatic carbocycles. The number of halogens is 1. The standard InChI is InChI=1S/C15H17ClN2O2S/c1-7(2)15(4)14(21)17-12(18-15)11-8(3)5-9(13(19)20)6-10(11)16/h5-7H,1-4H3,(H,19,20)(H,17,18,21). The third kappa shape index (κ3) is 2.68. The summed E-state index contributed by atoms with van der Waals surface area (Å²) in [5.74, 6) is -0.154. The first kappa shape index (κ1) is 15.9. The number of carbonyl (C=O) groups is 1. The second-order valence-corrected chi connectivity index (χ2v) is 6.49. The van der Waals surface area contributed by atoms with Crippen molar-refractivity contribution in [2.45, 2.75) is 33.2 Å². The molecule has 0 amide bonds. The second kappa shape index (κ2) is 5.39. The number of aromatic carboxylic acids is 1. The zero-order chi connectivity index (χ0) is 15.9. The number of thiocarbonyl (C=S) groups is 1. The summed E-state index contributed by atoms with van der Waals surface area (Å²) in [7, 11) is 0. The lowest BCUT2D eigenvalue weighted by molar-refractivity contribution is 0.0697. The average molecular weight is 325 g/mol. The van der Waals surface area contributed by atoms with Gasteiger partial charge in [-0.1, -0.05) is 37.7 Å². The number of aryl methyl sites for hydroxylation is 1. The van der Waals surface area contributed by atoms with Crippen molar-refractivity contribution < 1.29 is 9.90 Å². The summed E-state index contributed by atoms with van der Waals surface area (Å²) in [5.41, 5.74) is 1.15. The average Bonchev–Trinajstić information content (AvgIpc) is 2.65. The molecule has 1 aromatic rings. The number of nitrogens with one attached hydrogen (secondary N) is 1. The van der Waals surface area contributed by atoms with Crippen molar-refractivity contribution in [2.75, 3.05) is 0 Å². The summed E-state index contributed by atoms with van der Waals surface area (Å²) < 4.78 is 0. The molecule has 0 aromatic heterocycles. The maximum Gasteiger partial charge on any atom is 0.335 e. The van der Waals surface area contributed by atoms with Gasteiger partial charge in [0.2, 0.25) is 0 Å². The van der Waals surface area contributed by atoms with Gasteiger partial charge in [-0.2, -0.15) is 0 Å². The Morgan fingerprint density at radius 3 is 2.52 bits per heavy atom. The van der Waals surface area contributed by atoms with E-state index >= 15 is 0 Å². The molecule has 0 fully saturated rings. The third-order valence-electron chi connectivity index (χ3n) is 3.93. The summed E-state index contributed by atoms with van der Waals surface area (Å²) >= 11 is 11.6. The minimum atomic E-state index is -1.00. The first-order valence-electron chi connectivity index (χ1n) is 6.62. The van der Waals surface area contributed by atoms with E-state index in [2.05, 4.69) is 19.2 Å². The monoisotopic (exact) mass is 324 g/mol. The van der Waals surface area contributed by atoms with E-state index in [-0.39, 0.29) is 11.5 Å². The predicted octanol–water partition coefficient (Wildman–Crippen LogP) is 3.44. The van der Waals surface area contributed by atoms with Crippen LogP contribution in [-0.4, -0.2) is 27.4 Å². The predicted molar refractivity (Wildman–Crippen MR) is 88.7 cm³/mol. The molecule has 1 aliphatic heterocycles. The van der Waals surface area contributed by atoms with Gasteiger partial charge in [0, 0.05) is 5.56 Å². The first-order valence-corrected chi connectivity index (χ1v) is 7.40. The van der Waals surface area contributed by atoms with Gasteiger partial charge < -0.3 is 10.4 Å². The van der Waals surface area contributed by atoms with Gasteiger partial charge in [-0.05, 0) is 37.5 Å². The summed E-state index contributed by atoms with van der Waals surface area (Å²) in [6, 6.07) is 3.02. The van der Waals surface area contributed by atoms with Crippen LogP contribution >= 0.6 is 23.8 Å². The van der Waals surface area contributed by atoms with Crippen molar-refractivity contribution >= 4 is 40.6 Å². The Hall–Kier alpha value is -1.46. The molecule has 6 heteroatoms. The maximum absolute atomic E-state index is 11.1. The number of aliphatic imine (C=N–C) groups is 1. The van der Waals surface area contributed by atoms with Crippen molar-refractivity contribution in [1.82, 2.24) is 5.32 Å². The first-order chi connectivity index (χ1) is 9.66. The molecule has 1 aliphatic rings. The van der Waals surface area contributed by atoms with Crippen molar-refractivity contribution in [3.05, 3.63) is 33.8 Å². The van der Waals surface area contributed by atoms with Crippen LogP contribution in [0.2, 0.25) is 5.02 Å². The molecule has 0 saturated carbocycles. The normalized spacial score (nSPS) is 21.4. The Morgan fingerprint density at radius 1 is 1.48 bits per heavy atom. The van der Waals surface area contributed by atoms with E-state index in [0.717, 1.165) is 5.56 Å². The molecule has 1 unspecified atom stereocenters. The van der Waals surface area contributed by atoms with Crippen LogP contribution in [0, 0.1) is 12.8 Å². The van der Waals surface area contributed by atoms with Gasteiger partial charge in [0.25, 0.3) is 0 Å². The number of carboxylic acids is 1. The van der Waals surface area contributed by atoms with Crippen LogP contribution in [0.3, 0.4) is 0 Å². The highest BCUT2D eigenvalue weighted by molar-refractivity contribution is 7.80. The highest BCUT2D eigenvalue weighted by atomic mass is 35.5. The van der Waals surface area contributed by atoms with E-state index < -0.39 is 11.5 Å². The molecule has 112 valence electrons. The molecule has 0 spiro atoms. The molecule has 2 N–H and O–H groups in total. The van der Waals surface area contributed by atoms with Crippen molar-refractivity contribution in [3.63, 3.8) is 0 Å². The fraction of sp³-hybridized carbons (Fsp3) is 0.400. The van der Waals surface area contributed by atoms with Gasteiger partial charge in [0.05, 0.1) is 10.6 Å². The SMILES string of the molecule is Cc1cc(C(=O)O)cc(Cl)c1C1=NC(C)(C(C)C)C(=S)N1. The Kier molecular flexibility index (Phi) is 4.08. The lowest BCUT2D eigenvalue weighted by Crippen LogP contribution is -2.39. The largest absolute Gasteiger partial charge is 0.478 e. The zero-order valence-electron chi connectivity index (χ0n) is 12.3. The lowest BCUT2D eigenvalue weighted by atomic mass is 9.90. The van der Waals surface area contributed by atoms with Gasteiger partial charge in [-0.25, -0.2) is 4.79 Å². The minimum absolute atomic E-state index is 0.161. The summed E-state index contributed by atoms with van der Waals surface area (Å²) in [6.07, 6.45) is 0. The Labute approximate surface area is 134 Å². The topological polar surface area (TPSA) is 61.7 Å². The number of amidine groups is 1. The number of carboxylic acid groups (broad SMARTS) is 1. The van der Waals surface area contributed by atoms with Crippen LogP contribution < -0.4 is 5.32 Å². The van der Waals surface area contributed by atoms with Crippen molar-refractivity contribution in [3.8, 4) is 0 Å². The van der Waals surface area contributed by atoms with E-state index in [1.807, 2.05) is 13.8 Å². The molecule has 0 saturated heterocycles. The molecule has 4 nitrogen and oxygen atoms in total. The van der Waals surface area contributed by atoms with Gasteiger partial charge >= 0.3 is 5.97 Å². The molecule has 21 heavy (non-hydrogen) atoms. The van der Waals surface area contributed by atoms with Crippen LogP contribution in [0.15, 0.2) is 17.1 Å². The van der Waals surface area contributed by atoms with E-state index in [4.69, 9.17) is 33.9 Å². The molecule has 1 atom stereocenters. The summed E-state index contributed by atoms with van der Waals surface area (Å²) in [4.78, 5) is 16.4. The highest BCUT2D eigenvalue weighted by Gasteiger charge is 2.39. The van der Waals surface area contributed by atoms with Crippen LogP contribution in [-0.2, 0) is 0 Å². The van der Waals surface area contributed by atoms with Crippen molar-refractivity contribution in [1.29, 1.82) is 0 Å². The van der Waals surface area contributed by atoms with E-state index in [1.165, 1.54) is 6.07 Å². The van der Waals surface area contributed by atoms with Crippen LogP contribution in [0.4, 0.5) is 0 Å². The molecule has 2 rings (SSSR count). The van der Waals surface area contributed by atoms with E-state index in [1.54, 1.807) is 6.07 Å². The second-order valence-electron chi connectivity index (χ2n) is 5.67. The molecule has 1 aromatic carbocycles. The zero-order valence-corrected chi connectivity index (χ0v) is 13.9. The number of benzene rings is 1. The number of hydrogen-bond donors (Lipinski definition) is 2. The van der Waals surface area contributed by atoms with Gasteiger partial charge in [-0.15, -0.1) is 0 Å². The summed E-state index contributed by atoms with van der Waals surface area (Å²) in [6.45, 7) is 7.91. The smallest absolute Gasteiger partial charge is 0.335 e. The molecular formula is C15H17ClN2O2S. The van der Waals surface area contributed by atoms with Crippen LogP contribution in [0.5, 0.6) is 0 Å². The van der Waals surface area contributed by atoms with Crippen LogP contribution in [0.1, 0.15) is 42.3 Å². The quantitative estimate of drug-likeness (QED) is 0.836. The van der Waals surface area contributed by atoms with E-state index in [0.29, 0.717) is 21.4 Å². The molecule has 1 heterocycles. The fourth-order valence-electron chi connectivity index (χ4n) is 2.22. The number of rotatable bonds is 3. The fourth-order valence-corrected chi connectivity index (χ4v) is 2.96. The summed E-state index contributed by atoms with van der Waals surface area (Å²) in [5, 5.41) is 12.5. The molecule has 0 bridgehead atoms. The van der Waals surface area contributed by atoms with Crippen LogP contribution in [0.25, 0.3) is 0 Å². The molecule has 0 radical (unpaired) electrons. The Balaban J connectivity index is 2.54. The third-order valence-corrected chi connectivity index (χ3v) is 4.74. The van der Waals surface area contributed by atoms with Crippen molar-refractivity contribution in [2.24, 2.45) is 10.9 Å². The number of nitrogens with zero attached hydrogens (tertiary/aromatic N) is 1. The Morgan fingerprint density at radius 2 is 2.10 bits per heavy atom. The highest BCUT2D eigenvalue weighted by Crippen LogP contribution is 2.31. The van der Waals surface area contributed by atoms with E-state index in [9.17, 15) is 4.79 Å². The lowest BCUT2D eigenvalue weighted by Gasteiger charge is -2.24. The van der Waals surface area contributed by atoms with Gasteiger partial charge in [0.15, 0.2) is 0 Å². The minimum Gasteiger partial charge on any atom is -0.478 e. The Bertz CT molecular complexity index is 647. The molecular weight excluding hydrogens is 308 g/mol.